The first-order chi connectivity index (χ1) is 15.2. The van der Waals surface area contributed by atoms with Crippen LogP contribution in [0.5, 0.6) is 5.75 Å². The molecular weight excluding hydrogens is 424 g/mol. The van der Waals surface area contributed by atoms with Crippen LogP contribution in [-0.2, 0) is 27.5 Å². The summed E-state index contributed by atoms with van der Waals surface area (Å²) in [5, 5.41) is 9.32. The number of aromatic hydroxyl groups is 1. The minimum atomic E-state index is -3.80. The maximum atomic E-state index is 12.9. The molecule has 0 heterocycles. The highest BCUT2D eigenvalue weighted by atomic mass is 32.2. The normalized spacial score (nSPS) is 11.3. The van der Waals surface area contributed by atoms with Crippen molar-refractivity contribution in [2.24, 2.45) is 0 Å². The zero-order valence-electron chi connectivity index (χ0n) is 18.0. The Kier molecular flexibility index (Phi) is 7.59. The van der Waals surface area contributed by atoms with Gasteiger partial charge in [0.05, 0.1) is 10.6 Å². The first-order valence-electron chi connectivity index (χ1n) is 10.4. The van der Waals surface area contributed by atoms with E-state index in [1.807, 2.05) is 31.2 Å². The number of aryl methyl sites for hydroxylation is 2. The molecule has 0 saturated heterocycles. The van der Waals surface area contributed by atoms with Crippen molar-refractivity contribution in [1.82, 2.24) is 0 Å². The summed E-state index contributed by atoms with van der Waals surface area (Å²) in [5.41, 5.74) is 3.03. The topological polar surface area (TPSA) is 88.5 Å². The van der Waals surface area contributed by atoms with Crippen LogP contribution in [0, 0.1) is 6.92 Å². The molecule has 0 aliphatic rings. The fourth-order valence-electron chi connectivity index (χ4n) is 3.40. The number of Topliss-reactive ketones (excluding diaryl/α,β-unsaturated/α-hetero) is 2. The molecule has 166 valence electrons. The zero-order chi connectivity index (χ0) is 23.1. The van der Waals surface area contributed by atoms with Crippen molar-refractivity contribution in [2.45, 2.75) is 37.5 Å². The highest BCUT2D eigenvalue weighted by Crippen LogP contribution is 2.21. The molecule has 1 N–H and O–H groups in total. The summed E-state index contributed by atoms with van der Waals surface area (Å²) in [6, 6.07) is 20.3. The second-order valence-corrected chi connectivity index (χ2v) is 9.93. The largest absolute Gasteiger partial charge is 0.508 e. The highest BCUT2D eigenvalue weighted by Gasteiger charge is 2.23. The van der Waals surface area contributed by atoms with E-state index in [1.54, 1.807) is 24.3 Å². The summed E-state index contributed by atoms with van der Waals surface area (Å²) in [4.78, 5) is 25.1. The van der Waals surface area contributed by atoms with Gasteiger partial charge in [0.1, 0.15) is 11.5 Å². The van der Waals surface area contributed by atoms with Gasteiger partial charge in [-0.1, -0.05) is 60.2 Å². The van der Waals surface area contributed by atoms with Crippen LogP contribution < -0.4 is 0 Å². The number of phenols is 1. The van der Waals surface area contributed by atoms with Gasteiger partial charge in [-0.15, -0.1) is 0 Å². The van der Waals surface area contributed by atoms with Crippen molar-refractivity contribution in [3.05, 3.63) is 95.1 Å². The Balaban J connectivity index is 1.65. The molecular formula is C26H26O5S. The van der Waals surface area contributed by atoms with E-state index in [-0.39, 0.29) is 52.8 Å². The van der Waals surface area contributed by atoms with Gasteiger partial charge in [0.2, 0.25) is 0 Å². The number of phenolic OH excluding ortho intramolecular Hbond substituents is 1. The number of carbonyl (C=O) groups excluding carboxylic acids is 2. The van der Waals surface area contributed by atoms with Crippen molar-refractivity contribution >= 4 is 21.4 Å². The number of hydrogen-bond acceptors (Lipinski definition) is 5. The lowest BCUT2D eigenvalue weighted by Gasteiger charge is -2.10. The lowest BCUT2D eigenvalue weighted by atomic mass is 10.0. The predicted octanol–water partition coefficient (Wildman–Crippen LogP) is 4.49. The number of ketones is 2. The van der Waals surface area contributed by atoms with Crippen LogP contribution in [0.1, 0.15) is 39.9 Å². The van der Waals surface area contributed by atoms with E-state index in [9.17, 15) is 23.1 Å². The summed E-state index contributed by atoms with van der Waals surface area (Å²) >= 11 is 0. The molecule has 0 aliphatic carbocycles. The van der Waals surface area contributed by atoms with Crippen LogP contribution in [0.15, 0.2) is 77.7 Å². The van der Waals surface area contributed by atoms with E-state index < -0.39 is 9.84 Å². The van der Waals surface area contributed by atoms with E-state index in [4.69, 9.17) is 0 Å². The van der Waals surface area contributed by atoms with Crippen molar-refractivity contribution in [3.63, 3.8) is 0 Å². The lowest BCUT2D eigenvalue weighted by molar-refractivity contribution is -0.118. The summed E-state index contributed by atoms with van der Waals surface area (Å²) in [5.74, 6) is -0.707. The smallest absolute Gasteiger partial charge is 0.179 e. The van der Waals surface area contributed by atoms with Gasteiger partial charge in [-0.25, -0.2) is 8.42 Å². The van der Waals surface area contributed by atoms with Crippen molar-refractivity contribution < 1.29 is 23.1 Å². The quantitative estimate of drug-likeness (QED) is 0.460. The molecule has 0 aromatic heterocycles. The summed E-state index contributed by atoms with van der Waals surface area (Å²) in [6.45, 7) is 1.99. The van der Waals surface area contributed by atoms with Crippen LogP contribution in [0.2, 0.25) is 0 Å². The van der Waals surface area contributed by atoms with Crippen molar-refractivity contribution in [2.75, 3.05) is 5.75 Å². The molecule has 0 unspecified atom stereocenters. The average molecular weight is 451 g/mol. The number of carbonyl (C=O) groups is 2. The Labute approximate surface area is 188 Å². The second kappa shape index (κ2) is 10.4. The molecule has 3 aromatic rings. The molecule has 0 spiro atoms. The first kappa shape index (κ1) is 23.4. The lowest BCUT2D eigenvalue weighted by Crippen LogP contribution is -2.16. The van der Waals surface area contributed by atoms with Gasteiger partial charge in [0, 0.05) is 24.8 Å². The zero-order valence-corrected chi connectivity index (χ0v) is 18.8. The molecule has 32 heavy (non-hydrogen) atoms. The van der Waals surface area contributed by atoms with Crippen molar-refractivity contribution in [3.8, 4) is 5.75 Å². The Morgan fingerprint density at radius 1 is 0.812 bits per heavy atom. The van der Waals surface area contributed by atoms with Gasteiger partial charge >= 0.3 is 0 Å². The first-order valence-corrected chi connectivity index (χ1v) is 12.1. The molecule has 0 bridgehead atoms. The van der Waals surface area contributed by atoms with Gasteiger partial charge in [-0.05, 0) is 42.7 Å². The van der Waals surface area contributed by atoms with E-state index >= 15 is 0 Å². The monoisotopic (exact) mass is 450 g/mol. The van der Waals surface area contributed by atoms with E-state index in [0.717, 1.165) is 11.1 Å². The van der Waals surface area contributed by atoms with Crippen LogP contribution in [-0.4, -0.2) is 30.8 Å². The second-order valence-electron chi connectivity index (χ2n) is 7.86. The predicted molar refractivity (Wildman–Crippen MR) is 124 cm³/mol. The summed E-state index contributed by atoms with van der Waals surface area (Å²) in [6.07, 6.45) is 0.677. The van der Waals surface area contributed by atoms with Crippen LogP contribution in [0.25, 0.3) is 0 Å². The number of hydrogen-bond donors (Lipinski definition) is 1. The maximum Gasteiger partial charge on any atom is 0.179 e. The third-order valence-electron chi connectivity index (χ3n) is 5.27. The molecule has 0 amide bonds. The molecule has 3 aromatic carbocycles. The van der Waals surface area contributed by atoms with Gasteiger partial charge in [-0.3, -0.25) is 9.59 Å². The Morgan fingerprint density at radius 3 is 2.12 bits per heavy atom. The number of rotatable bonds is 10. The molecule has 6 heteroatoms. The number of sulfone groups is 1. The minimum Gasteiger partial charge on any atom is -0.508 e. The summed E-state index contributed by atoms with van der Waals surface area (Å²) in [7, 11) is -3.80. The molecule has 0 radical (unpaired) electrons. The van der Waals surface area contributed by atoms with Gasteiger partial charge in [0.25, 0.3) is 0 Å². The van der Waals surface area contributed by atoms with Crippen molar-refractivity contribution in [1.29, 1.82) is 0 Å². The summed E-state index contributed by atoms with van der Waals surface area (Å²) < 4.78 is 25.9. The van der Waals surface area contributed by atoms with E-state index in [0.29, 0.717) is 12.0 Å². The van der Waals surface area contributed by atoms with Gasteiger partial charge in [-0.2, -0.15) is 0 Å². The fourth-order valence-corrected chi connectivity index (χ4v) is 4.92. The third-order valence-corrected chi connectivity index (χ3v) is 7.04. The Morgan fingerprint density at radius 2 is 1.44 bits per heavy atom. The number of benzene rings is 3. The molecule has 3 rings (SSSR count). The maximum absolute atomic E-state index is 12.9. The molecule has 0 atom stereocenters. The molecule has 0 aliphatic heterocycles. The molecule has 0 fully saturated rings. The average Bonchev–Trinajstić information content (AvgIpc) is 2.79. The van der Waals surface area contributed by atoms with Crippen LogP contribution in [0.4, 0.5) is 0 Å². The Bertz CT molecular complexity index is 1190. The fraction of sp³-hybridized carbons (Fsp3) is 0.231. The Hall–Kier alpha value is -3.25. The third kappa shape index (κ3) is 6.37. The van der Waals surface area contributed by atoms with Gasteiger partial charge in [0.15, 0.2) is 15.6 Å². The van der Waals surface area contributed by atoms with E-state index in [2.05, 4.69) is 0 Å². The minimum absolute atomic E-state index is 0.0219. The van der Waals surface area contributed by atoms with E-state index in [1.165, 1.54) is 24.3 Å². The van der Waals surface area contributed by atoms with Gasteiger partial charge < -0.3 is 5.11 Å². The van der Waals surface area contributed by atoms with Crippen LogP contribution >= 0.6 is 0 Å². The standard InChI is InChI=1S/C26H26O5S/c1-19-6-8-20(9-7-19)12-15-25(29)24-4-2-3-5-26(24)32(30,31)17-16-23(28)18-21-10-13-22(27)14-11-21/h2-11,13-14,27H,12,15-18H2,1H3. The highest BCUT2D eigenvalue weighted by molar-refractivity contribution is 7.91. The molecule has 5 nitrogen and oxygen atoms in total. The SMILES string of the molecule is Cc1ccc(CCC(=O)c2ccccc2S(=O)(=O)CCC(=O)Cc2ccc(O)cc2)cc1. The molecule has 0 saturated carbocycles. The van der Waals surface area contributed by atoms with Crippen LogP contribution in [0.3, 0.4) is 0 Å².